The molecule has 0 aliphatic rings. The highest BCUT2D eigenvalue weighted by molar-refractivity contribution is 5.33. The van der Waals surface area contributed by atoms with Crippen LogP contribution in [-0.2, 0) is 0 Å². The van der Waals surface area contributed by atoms with Gasteiger partial charge in [-0.2, -0.15) is 18.2 Å². The molecule has 7 heteroatoms. The number of nitrogen functional groups attached to an aromatic ring is 1. The molecule has 0 fully saturated rings. The molecule has 0 saturated carbocycles. The van der Waals surface area contributed by atoms with Crippen molar-refractivity contribution >= 4 is 5.82 Å². The Morgan fingerprint density at radius 3 is 2.29 bits per heavy atom. The Kier molecular flexibility index (Phi) is 3.79. The summed E-state index contributed by atoms with van der Waals surface area (Å²) in [6.07, 6.45) is -6.37. The first-order valence-corrected chi connectivity index (χ1v) is 5.08. The van der Waals surface area contributed by atoms with Gasteiger partial charge in [0.25, 0.3) is 0 Å². The molecule has 0 radical (unpaired) electrons. The van der Waals surface area contributed by atoms with Crippen molar-refractivity contribution in [2.24, 2.45) is 0 Å². The molecule has 1 atom stereocenters. The number of hydrogen-bond acceptors (Lipinski definition) is 4. The van der Waals surface area contributed by atoms with Crippen molar-refractivity contribution in [3.05, 3.63) is 11.9 Å². The van der Waals surface area contributed by atoms with Gasteiger partial charge in [0.05, 0.1) is 0 Å². The lowest BCUT2D eigenvalue weighted by atomic mass is 10.2. The molecule has 1 unspecified atom stereocenters. The third-order valence-electron chi connectivity index (χ3n) is 2.01. The van der Waals surface area contributed by atoms with E-state index >= 15 is 0 Å². The minimum atomic E-state index is -4.43. The van der Waals surface area contributed by atoms with Crippen molar-refractivity contribution in [3.63, 3.8) is 0 Å². The normalized spacial score (nSPS) is 13.8. The monoisotopic (exact) mass is 249 g/mol. The van der Waals surface area contributed by atoms with E-state index in [0.29, 0.717) is 5.82 Å². The third-order valence-corrected chi connectivity index (χ3v) is 2.01. The molecule has 0 spiro atoms. The summed E-state index contributed by atoms with van der Waals surface area (Å²) >= 11 is 0. The fraction of sp³-hybridized carbons (Fsp3) is 0.600. The van der Waals surface area contributed by atoms with Gasteiger partial charge in [0.1, 0.15) is 11.6 Å². The number of hydrogen-bond donors (Lipinski definition) is 1. The molecule has 0 aromatic carbocycles. The Morgan fingerprint density at radius 2 is 1.82 bits per heavy atom. The Bertz CT molecular complexity index is 393. The lowest BCUT2D eigenvalue weighted by molar-refractivity contribution is -0.190. The number of anilines is 1. The molecule has 1 aromatic heterocycles. The van der Waals surface area contributed by atoms with Gasteiger partial charge < -0.3 is 10.5 Å². The molecule has 1 rings (SSSR count). The summed E-state index contributed by atoms with van der Waals surface area (Å²) in [6.45, 7) is 4.53. The molecule has 4 nitrogen and oxygen atoms in total. The predicted molar refractivity (Wildman–Crippen MR) is 56.7 cm³/mol. The molecular weight excluding hydrogens is 235 g/mol. The van der Waals surface area contributed by atoms with Crippen LogP contribution in [0.5, 0.6) is 5.88 Å². The highest BCUT2D eigenvalue weighted by Gasteiger charge is 2.38. The Balaban J connectivity index is 2.92. The minimum absolute atomic E-state index is 0.0398. The molecule has 0 aliphatic heterocycles. The molecule has 1 heterocycles. The lowest BCUT2D eigenvalue weighted by Crippen LogP contribution is -2.31. The zero-order valence-corrected chi connectivity index (χ0v) is 9.75. The zero-order valence-electron chi connectivity index (χ0n) is 9.75. The maximum Gasteiger partial charge on any atom is 0.425 e. The van der Waals surface area contributed by atoms with E-state index in [9.17, 15) is 13.2 Å². The van der Waals surface area contributed by atoms with Crippen LogP contribution in [0.3, 0.4) is 0 Å². The van der Waals surface area contributed by atoms with E-state index in [2.05, 4.69) is 9.97 Å². The first-order valence-electron chi connectivity index (χ1n) is 5.08. The number of nitrogens with two attached hydrogens (primary N) is 1. The summed E-state index contributed by atoms with van der Waals surface area (Å²) in [4.78, 5) is 7.78. The van der Waals surface area contributed by atoms with E-state index in [4.69, 9.17) is 10.5 Å². The van der Waals surface area contributed by atoms with Gasteiger partial charge in [-0.05, 0) is 6.92 Å². The molecule has 2 N–H and O–H groups in total. The fourth-order valence-electron chi connectivity index (χ4n) is 1.03. The predicted octanol–water partition coefficient (Wildman–Crippen LogP) is 2.51. The second-order valence-electron chi connectivity index (χ2n) is 3.95. The molecule has 96 valence electrons. The van der Waals surface area contributed by atoms with E-state index in [1.807, 2.05) is 13.8 Å². The largest absolute Gasteiger partial charge is 0.465 e. The SMILES string of the molecule is CC(C)c1nc(N)cc(OC(C)C(F)(F)F)n1. The van der Waals surface area contributed by atoms with Crippen LogP contribution in [0, 0.1) is 0 Å². The van der Waals surface area contributed by atoms with Crippen LogP contribution in [0.2, 0.25) is 0 Å². The van der Waals surface area contributed by atoms with Gasteiger partial charge in [-0.15, -0.1) is 0 Å². The average Bonchev–Trinajstić information content (AvgIpc) is 2.14. The number of halogens is 3. The topological polar surface area (TPSA) is 61.0 Å². The van der Waals surface area contributed by atoms with Crippen molar-refractivity contribution in [1.29, 1.82) is 0 Å². The van der Waals surface area contributed by atoms with Crippen LogP contribution >= 0.6 is 0 Å². The van der Waals surface area contributed by atoms with Crippen LogP contribution < -0.4 is 10.5 Å². The van der Waals surface area contributed by atoms with Gasteiger partial charge in [0.15, 0.2) is 6.10 Å². The van der Waals surface area contributed by atoms with E-state index in [1.165, 1.54) is 6.07 Å². The van der Waals surface area contributed by atoms with Gasteiger partial charge in [-0.3, -0.25) is 0 Å². The van der Waals surface area contributed by atoms with E-state index in [1.54, 1.807) is 0 Å². The van der Waals surface area contributed by atoms with Gasteiger partial charge in [0, 0.05) is 12.0 Å². The second kappa shape index (κ2) is 4.77. The van der Waals surface area contributed by atoms with E-state index < -0.39 is 12.3 Å². The van der Waals surface area contributed by atoms with Crippen LogP contribution in [0.4, 0.5) is 19.0 Å². The quantitative estimate of drug-likeness (QED) is 0.894. The summed E-state index contributed by atoms with van der Waals surface area (Å²) in [5.41, 5.74) is 5.47. The maximum absolute atomic E-state index is 12.3. The van der Waals surface area contributed by atoms with Crippen molar-refractivity contribution in [2.45, 2.75) is 39.0 Å². The highest BCUT2D eigenvalue weighted by Crippen LogP contribution is 2.25. The molecule has 0 amide bonds. The van der Waals surface area contributed by atoms with Crippen LogP contribution in [0.1, 0.15) is 32.5 Å². The summed E-state index contributed by atoms with van der Waals surface area (Å²) in [5, 5.41) is 0. The Hall–Kier alpha value is -1.53. The average molecular weight is 249 g/mol. The van der Waals surface area contributed by atoms with Crippen LogP contribution in [0.25, 0.3) is 0 Å². The fourth-order valence-corrected chi connectivity index (χ4v) is 1.03. The van der Waals surface area contributed by atoms with Gasteiger partial charge >= 0.3 is 6.18 Å². The first-order chi connectivity index (χ1) is 7.70. The van der Waals surface area contributed by atoms with Crippen molar-refractivity contribution in [1.82, 2.24) is 9.97 Å². The molecule has 0 aliphatic carbocycles. The van der Waals surface area contributed by atoms with E-state index in [0.717, 1.165) is 6.92 Å². The van der Waals surface area contributed by atoms with Crippen molar-refractivity contribution in [2.75, 3.05) is 5.73 Å². The standard InChI is InChI=1S/C10H14F3N3O/c1-5(2)9-15-7(14)4-8(16-9)17-6(3)10(11,12)13/h4-6H,1-3H3,(H2,14,15,16). The first kappa shape index (κ1) is 13.5. The zero-order chi connectivity index (χ0) is 13.2. The van der Waals surface area contributed by atoms with E-state index in [-0.39, 0.29) is 17.6 Å². The number of ether oxygens (including phenoxy) is 1. The summed E-state index contributed by atoms with van der Waals surface area (Å²) < 4.78 is 41.6. The minimum Gasteiger partial charge on any atom is -0.465 e. The Morgan fingerprint density at radius 1 is 1.24 bits per heavy atom. The van der Waals surface area contributed by atoms with Gasteiger partial charge in [0.2, 0.25) is 5.88 Å². The van der Waals surface area contributed by atoms with Crippen LogP contribution in [0.15, 0.2) is 6.07 Å². The number of rotatable bonds is 3. The number of nitrogens with zero attached hydrogens (tertiary/aromatic N) is 2. The lowest BCUT2D eigenvalue weighted by Gasteiger charge is -2.17. The molecule has 1 aromatic rings. The van der Waals surface area contributed by atoms with Crippen molar-refractivity contribution < 1.29 is 17.9 Å². The second-order valence-corrected chi connectivity index (χ2v) is 3.95. The van der Waals surface area contributed by atoms with Crippen LogP contribution in [-0.4, -0.2) is 22.2 Å². The molecule has 17 heavy (non-hydrogen) atoms. The highest BCUT2D eigenvalue weighted by atomic mass is 19.4. The molecular formula is C10H14F3N3O. The Labute approximate surface area is 97.0 Å². The van der Waals surface area contributed by atoms with Gasteiger partial charge in [-0.25, -0.2) is 4.98 Å². The molecule has 0 saturated heterocycles. The van der Waals surface area contributed by atoms with Crippen molar-refractivity contribution in [3.8, 4) is 5.88 Å². The maximum atomic E-state index is 12.3. The molecule has 0 bridgehead atoms. The number of aromatic nitrogens is 2. The summed E-state index contributed by atoms with van der Waals surface area (Å²) in [5.74, 6) is 0.246. The summed E-state index contributed by atoms with van der Waals surface area (Å²) in [7, 11) is 0. The summed E-state index contributed by atoms with van der Waals surface area (Å²) in [6, 6.07) is 1.17. The smallest absolute Gasteiger partial charge is 0.425 e. The van der Waals surface area contributed by atoms with Gasteiger partial charge in [-0.1, -0.05) is 13.8 Å². The third kappa shape index (κ3) is 3.76. The number of alkyl halides is 3.